The Morgan fingerprint density at radius 1 is 0.870 bits per heavy atom. The van der Waals surface area contributed by atoms with Crippen molar-refractivity contribution in [3.8, 4) is 0 Å². The van der Waals surface area contributed by atoms with E-state index in [9.17, 15) is 9.50 Å². The second-order valence-corrected chi connectivity index (χ2v) is 12.7. The molecule has 2 atom stereocenters. The molecule has 0 unspecified atom stereocenters. The highest BCUT2D eigenvalue weighted by atomic mass is 35.5. The van der Waals surface area contributed by atoms with Gasteiger partial charge in [-0.05, 0) is 66.6 Å². The summed E-state index contributed by atoms with van der Waals surface area (Å²) < 4.78 is 31.9. The molecule has 0 saturated carbocycles. The standard InChI is InChI=1S/C33H26Cl4F2N6O/c1-20(33(46,17-44-19-40-18-41-44)28-8-6-26(38)13-31(28)39)45-16-23-10-27(7-9-32(23)42-45)43(14-21-2-4-24(34)11-29(21)36)15-22-3-5-25(35)12-30(22)37/h2-13,16,18-20,46H,14-15,17H2,1H3/t20-,33-/m1/s1. The number of hydrogen-bond donors (Lipinski definition) is 1. The Hall–Kier alpha value is -3.73. The number of aromatic nitrogens is 5. The molecule has 236 valence electrons. The van der Waals surface area contributed by atoms with Crippen molar-refractivity contribution in [3.05, 3.63) is 140 Å². The molecule has 1 N–H and O–H groups in total. The van der Waals surface area contributed by atoms with E-state index in [-0.39, 0.29) is 12.1 Å². The maximum Gasteiger partial charge on any atom is 0.137 e. The fourth-order valence-electron chi connectivity index (χ4n) is 5.44. The summed E-state index contributed by atoms with van der Waals surface area (Å²) in [5.41, 5.74) is 1.24. The van der Waals surface area contributed by atoms with E-state index in [4.69, 9.17) is 51.5 Å². The van der Waals surface area contributed by atoms with Gasteiger partial charge in [0.05, 0.1) is 18.1 Å². The monoisotopic (exact) mass is 700 g/mol. The molecular formula is C33H26Cl4F2N6O. The van der Waals surface area contributed by atoms with Crippen molar-refractivity contribution in [1.29, 1.82) is 0 Å². The van der Waals surface area contributed by atoms with Crippen LogP contribution in [0.15, 0.2) is 91.6 Å². The van der Waals surface area contributed by atoms with Crippen LogP contribution in [0, 0.1) is 11.6 Å². The highest BCUT2D eigenvalue weighted by molar-refractivity contribution is 6.35. The zero-order valence-corrected chi connectivity index (χ0v) is 27.3. The average Bonchev–Trinajstić information content (AvgIpc) is 3.68. The molecule has 6 rings (SSSR count). The highest BCUT2D eigenvalue weighted by Gasteiger charge is 2.41. The van der Waals surface area contributed by atoms with E-state index in [1.165, 1.54) is 23.4 Å². The molecule has 2 heterocycles. The van der Waals surface area contributed by atoms with Gasteiger partial charge in [0.25, 0.3) is 0 Å². The summed E-state index contributed by atoms with van der Waals surface area (Å²) in [6.45, 7) is 2.43. The number of halogens is 6. The second kappa shape index (κ2) is 13.2. The number of fused-ring (bicyclic) bond motifs is 1. The Kier molecular flexibility index (Phi) is 9.23. The van der Waals surface area contributed by atoms with Gasteiger partial charge < -0.3 is 10.0 Å². The molecule has 0 aliphatic heterocycles. The molecular weight excluding hydrogens is 676 g/mol. The highest BCUT2D eigenvalue weighted by Crippen LogP contribution is 2.38. The predicted molar refractivity (Wildman–Crippen MR) is 178 cm³/mol. The molecule has 2 aromatic heterocycles. The second-order valence-electron chi connectivity index (χ2n) is 11.0. The molecule has 6 aromatic rings. The van der Waals surface area contributed by atoms with E-state index in [2.05, 4.69) is 15.0 Å². The molecule has 0 saturated heterocycles. The van der Waals surface area contributed by atoms with Crippen molar-refractivity contribution in [3.63, 3.8) is 0 Å². The average molecular weight is 702 g/mol. The van der Waals surface area contributed by atoms with Crippen LogP contribution >= 0.6 is 46.4 Å². The summed E-state index contributed by atoms with van der Waals surface area (Å²) in [7, 11) is 0. The number of rotatable bonds is 10. The third kappa shape index (κ3) is 6.70. The number of anilines is 1. The zero-order chi connectivity index (χ0) is 32.6. The van der Waals surface area contributed by atoms with Crippen molar-refractivity contribution in [1.82, 2.24) is 24.5 Å². The molecule has 13 heteroatoms. The fourth-order valence-corrected chi connectivity index (χ4v) is 6.38. The Labute approximate surface area is 283 Å². The molecule has 0 bridgehead atoms. The fraction of sp³-hybridized carbons (Fsp3) is 0.182. The van der Waals surface area contributed by atoms with Crippen LogP contribution in [0.4, 0.5) is 14.5 Å². The van der Waals surface area contributed by atoms with E-state index in [0.29, 0.717) is 38.7 Å². The lowest BCUT2D eigenvalue weighted by Crippen LogP contribution is -2.40. The Morgan fingerprint density at radius 3 is 2.13 bits per heavy atom. The van der Waals surface area contributed by atoms with Gasteiger partial charge in [-0.3, -0.25) is 4.68 Å². The van der Waals surface area contributed by atoms with Gasteiger partial charge in [-0.2, -0.15) is 10.2 Å². The molecule has 0 spiro atoms. The van der Waals surface area contributed by atoms with Crippen LogP contribution in [0.1, 0.15) is 29.7 Å². The van der Waals surface area contributed by atoms with Crippen LogP contribution in [-0.2, 0) is 25.2 Å². The summed E-state index contributed by atoms with van der Waals surface area (Å²) in [5, 5.41) is 23.8. The molecule has 0 aliphatic carbocycles. The van der Waals surface area contributed by atoms with Crippen molar-refractivity contribution in [2.45, 2.75) is 38.2 Å². The number of benzene rings is 4. The summed E-state index contributed by atoms with van der Waals surface area (Å²) in [4.78, 5) is 6.05. The van der Waals surface area contributed by atoms with Crippen LogP contribution < -0.4 is 4.90 Å². The molecule has 0 amide bonds. The Balaban J connectivity index is 1.38. The first-order chi connectivity index (χ1) is 22.0. The molecule has 0 aliphatic rings. The zero-order valence-electron chi connectivity index (χ0n) is 24.3. The van der Waals surface area contributed by atoms with Gasteiger partial charge in [0.1, 0.15) is 29.9 Å². The summed E-state index contributed by atoms with van der Waals surface area (Å²) in [6, 6.07) is 18.8. The lowest BCUT2D eigenvalue weighted by molar-refractivity contribution is -0.0366. The lowest BCUT2D eigenvalue weighted by Gasteiger charge is -2.34. The minimum Gasteiger partial charge on any atom is -0.381 e. The van der Waals surface area contributed by atoms with E-state index in [1.54, 1.807) is 42.1 Å². The lowest BCUT2D eigenvalue weighted by atomic mass is 9.86. The number of nitrogens with zero attached hydrogens (tertiary/aromatic N) is 6. The van der Waals surface area contributed by atoms with Gasteiger partial charge in [-0.25, -0.2) is 18.4 Å². The largest absolute Gasteiger partial charge is 0.381 e. The predicted octanol–water partition coefficient (Wildman–Crippen LogP) is 8.88. The number of hydrogen-bond acceptors (Lipinski definition) is 5. The minimum atomic E-state index is -1.88. The van der Waals surface area contributed by atoms with Crippen LogP contribution in [0.25, 0.3) is 10.9 Å². The Morgan fingerprint density at radius 2 is 1.54 bits per heavy atom. The minimum absolute atomic E-state index is 0.0944. The van der Waals surface area contributed by atoms with Gasteiger partial charge >= 0.3 is 0 Å². The third-order valence-corrected chi connectivity index (χ3v) is 9.15. The smallest absolute Gasteiger partial charge is 0.137 e. The SMILES string of the molecule is C[C@@H](n1cc2cc(N(Cc3ccc(Cl)cc3Cl)Cc3ccc(Cl)cc3Cl)ccc2n1)[C@](O)(Cn1cncn1)c1ccc(F)cc1F. The van der Waals surface area contributed by atoms with Crippen molar-refractivity contribution >= 4 is 63.0 Å². The van der Waals surface area contributed by atoms with Gasteiger partial charge in [0.2, 0.25) is 0 Å². The van der Waals surface area contributed by atoms with Crippen LogP contribution in [-0.4, -0.2) is 29.7 Å². The molecule has 4 aromatic carbocycles. The summed E-state index contributed by atoms with van der Waals surface area (Å²) in [6.07, 6.45) is 4.51. The molecule has 46 heavy (non-hydrogen) atoms. The summed E-state index contributed by atoms with van der Waals surface area (Å²) >= 11 is 25.4. The van der Waals surface area contributed by atoms with Gasteiger partial charge in [-0.15, -0.1) is 0 Å². The first-order valence-corrected chi connectivity index (χ1v) is 15.6. The molecule has 0 radical (unpaired) electrons. The Bertz CT molecular complexity index is 1970. The van der Waals surface area contributed by atoms with Crippen LogP contribution in [0.5, 0.6) is 0 Å². The van der Waals surface area contributed by atoms with E-state index in [1.807, 2.05) is 30.3 Å². The maximum absolute atomic E-state index is 15.1. The van der Waals surface area contributed by atoms with E-state index in [0.717, 1.165) is 34.3 Å². The first kappa shape index (κ1) is 32.2. The maximum atomic E-state index is 15.1. The summed E-state index contributed by atoms with van der Waals surface area (Å²) in [5.74, 6) is -1.63. The van der Waals surface area contributed by atoms with Crippen molar-refractivity contribution in [2.24, 2.45) is 0 Å². The van der Waals surface area contributed by atoms with Crippen LogP contribution in [0.2, 0.25) is 20.1 Å². The normalized spacial score (nSPS) is 13.6. The van der Waals surface area contributed by atoms with E-state index < -0.39 is 23.3 Å². The van der Waals surface area contributed by atoms with Crippen LogP contribution in [0.3, 0.4) is 0 Å². The number of aliphatic hydroxyl groups is 1. The van der Waals surface area contributed by atoms with Crippen molar-refractivity contribution < 1.29 is 13.9 Å². The molecule has 7 nitrogen and oxygen atoms in total. The van der Waals surface area contributed by atoms with Crippen molar-refractivity contribution in [2.75, 3.05) is 4.90 Å². The molecule has 0 fully saturated rings. The third-order valence-electron chi connectivity index (χ3n) is 7.98. The van der Waals surface area contributed by atoms with Gasteiger partial charge in [-0.1, -0.05) is 64.6 Å². The topological polar surface area (TPSA) is 72.0 Å². The van der Waals surface area contributed by atoms with Gasteiger partial charge in [0.15, 0.2) is 0 Å². The van der Waals surface area contributed by atoms with E-state index >= 15 is 4.39 Å². The first-order valence-electron chi connectivity index (χ1n) is 14.1. The van der Waals surface area contributed by atoms with Gasteiger partial charge in [0, 0.05) is 62.1 Å². The quantitative estimate of drug-likeness (QED) is 0.155.